The Morgan fingerprint density at radius 1 is 1.10 bits per heavy atom. The van der Waals surface area contributed by atoms with Crippen LogP contribution in [0.1, 0.15) is 48.2 Å². The second-order valence-corrected chi connectivity index (χ2v) is 7.15. The van der Waals surface area contributed by atoms with Gasteiger partial charge < -0.3 is 14.4 Å². The molecule has 7 heteroatoms. The average Bonchev–Trinajstić information content (AvgIpc) is 3.16. The number of nitrogens with zero attached hydrogens (tertiary/aromatic N) is 2. The van der Waals surface area contributed by atoms with E-state index in [9.17, 15) is 9.59 Å². The van der Waals surface area contributed by atoms with Crippen LogP contribution in [0.3, 0.4) is 0 Å². The van der Waals surface area contributed by atoms with E-state index in [4.69, 9.17) is 21.1 Å². The van der Waals surface area contributed by atoms with Crippen molar-refractivity contribution in [3.05, 3.63) is 52.3 Å². The number of fused-ring (bicyclic) bond motifs is 1. The lowest BCUT2D eigenvalue weighted by Crippen LogP contribution is -2.24. The fourth-order valence-electron chi connectivity index (χ4n) is 3.56. The highest BCUT2D eigenvalue weighted by atomic mass is 35.5. The predicted octanol–water partition coefficient (Wildman–Crippen LogP) is 4.49. The van der Waals surface area contributed by atoms with E-state index >= 15 is 0 Å². The first-order valence-corrected chi connectivity index (χ1v) is 10.3. The zero-order chi connectivity index (χ0) is 20.8. The Kier molecular flexibility index (Phi) is 7.09. The molecular formula is C22H25ClN2O4. The molecule has 0 spiro atoms. The summed E-state index contributed by atoms with van der Waals surface area (Å²) in [5.41, 5.74) is 4.40. The van der Waals surface area contributed by atoms with Gasteiger partial charge in [-0.15, -0.1) is 0 Å². The van der Waals surface area contributed by atoms with Crippen molar-refractivity contribution in [1.82, 2.24) is 4.98 Å². The van der Waals surface area contributed by atoms with E-state index in [2.05, 4.69) is 17.1 Å². The largest absolute Gasteiger partial charge is 0.466 e. The number of benzene rings is 1. The minimum Gasteiger partial charge on any atom is -0.466 e. The summed E-state index contributed by atoms with van der Waals surface area (Å²) in [6.07, 6.45) is 4.83. The van der Waals surface area contributed by atoms with Crippen molar-refractivity contribution in [2.75, 3.05) is 24.7 Å². The summed E-state index contributed by atoms with van der Waals surface area (Å²) in [5.74, 6) is -0.773. The zero-order valence-corrected chi connectivity index (χ0v) is 17.5. The normalized spacial score (nSPS) is 12.4. The first-order valence-electron chi connectivity index (χ1n) is 9.91. The van der Waals surface area contributed by atoms with Crippen LogP contribution >= 0.6 is 11.6 Å². The first-order chi connectivity index (χ1) is 14.0. The van der Waals surface area contributed by atoms with Crippen LogP contribution in [-0.2, 0) is 27.1 Å². The van der Waals surface area contributed by atoms with Crippen molar-refractivity contribution in [2.24, 2.45) is 0 Å². The fraction of sp³-hybridized carbons (Fsp3) is 0.409. The number of carbonyl (C=O) groups excluding carboxylic acids is 2. The number of aryl methyl sites for hydroxylation is 2. The van der Waals surface area contributed by atoms with Gasteiger partial charge in [0, 0.05) is 24.5 Å². The van der Waals surface area contributed by atoms with Gasteiger partial charge in [-0.1, -0.05) is 17.7 Å². The highest BCUT2D eigenvalue weighted by Gasteiger charge is 2.22. The van der Waals surface area contributed by atoms with Gasteiger partial charge in [0.05, 0.1) is 25.3 Å². The summed E-state index contributed by atoms with van der Waals surface area (Å²) in [6.45, 7) is 4.44. The molecule has 6 nitrogen and oxygen atoms in total. The molecule has 1 aliphatic rings. The monoisotopic (exact) mass is 416 g/mol. The molecule has 0 unspecified atom stereocenters. The topological polar surface area (TPSA) is 68.7 Å². The maximum atomic E-state index is 12.5. The van der Waals surface area contributed by atoms with Gasteiger partial charge in [0.2, 0.25) is 0 Å². The van der Waals surface area contributed by atoms with Gasteiger partial charge in [0.1, 0.15) is 10.7 Å². The molecule has 0 N–H and O–H groups in total. The van der Waals surface area contributed by atoms with Crippen molar-refractivity contribution in [2.45, 2.75) is 39.5 Å². The summed E-state index contributed by atoms with van der Waals surface area (Å²) in [4.78, 5) is 30.5. The highest BCUT2D eigenvalue weighted by molar-refractivity contribution is 6.29. The molecule has 0 amide bonds. The van der Waals surface area contributed by atoms with Gasteiger partial charge in [-0.25, -0.2) is 9.78 Å². The maximum Gasteiger partial charge on any atom is 0.341 e. The number of esters is 2. The van der Waals surface area contributed by atoms with Crippen LogP contribution in [0, 0.1) is 0 Å². The van der Waals surface area contributed by atoms with Gasteiger partial charge in [-0.05, 0) is 56.4 Å². The van der Waals surface area contributed by atoms with E-state index in [1.54, 1.807) is 19.9 Å². The number of rotatable bonds is 8. The molecule has 0 radical (unpaired) electrons. The van der Waals surface area contributed by atoms with E-state index < -0.39 is 5.97 Å². The maximum absolute atomic E-state index is 12.5. The van der Waals surface area contributed by atoms with Crippen molar-refractivity contribution in [1.29, 1.82) is 0 Å². The van der Waals surface area contributed by atoms with Crippen LogP contribution in [0.25, 0.3) is 0 Å². The van der Waals surface area contributed by atoms with E-state index in [0.29, 0.717) is 24.4 Å². The standard InChI is InChI=1S/C22H25ClN2O4/c1-3-28-21(26)10-11-25(17-9-8-15-6-5-7-16(15)12-17)19-13-20(23)24-14-18(19)22(27)29-4-2/h8-9,12-14H,3-7,10-11H2,1-2H3. The number of ether oxygens (including phenoxy) is 2. The molecule has 29 heavy (non-hydrogen) atoms. The molecule has 0 saturated heterocycles. The van der Waals surface area contributed by atoms with E-state index in [1.165, 1.54) is 17.3 Å². The Morgan fingerprint density at radius 2 is 1.86 bits per heavy atom. The van der Waals surface area contributed by atoms with Gasteiger partial charge in [-0.3, -0.25) is 4.79 Å². The molecule has 1 aliphatic carbocycles. The van der Waals surface area contributed by atoms with Crippen molar-refractivity contribution >= 4 is 34.9 Å². The molecule has 0 fully saturated rings. The Morgan fingerprint density at radius 3 is 2.62 bits per heavy atom. The number of hydrogen-bond acceptors (Lipinski definition) is 6. The average molecular weight is 417 g/mol. The lowest BCUT2D eigenvalue weighted by atomic mass is 10.1. The van der Waals surface area contributed by atoms with Crippen LogP contribution < -0.4 is 4.90 Å². The fourth-order valence-corrected chi connectivity index (χ4v) is 3.71. The van der Waals surface area contributed by atoms with Crippen LogP contribution in [0.5, 0.6) is 0 Å². The molecule has 154 valence electrons. The number of aromatic nitrogens is 1. The molecule has 1 heterocycles. The summed E-state index contributed by atoms with van der Waals surface area (Å²) >= 11 is 6.15. The quantitative estimate of drug-likeness (QED) is 0.466. The van der Waals surface area contributed by atoms with E-state index in [-0.39, 0.29) is 24.2 Å². The minimum atomic E-state index is -0.478. The van der Waals surface area contributed by atoms with E-state index in [1.807, 2.05) is 11.0 Å². The Hall–Kier alpha value is -2.60. The number of hydrogen-bond donors (Lipinski definition) is 0. The smallest absolute Gasteiger partial charge is 0.341 e. The lowest BCUT2D eigenvalue weighted by Gasteiger charge is -2.27. The van der Waals surface area contributed by atoms with Crippen molar-refractivity contribution in [3.8, 4) is 0 Å². The molecule has 1 aromatic carbocycles. The van der Waals surface area contributed by atoms with Gasteiger partial charge in [0.25, 0.3) is 0 Å². The Bertz CT molecular complexity index is 900. The number of pyridine rings is 1. The zero-order valence-electron chi connectivity index (χ0n) is 16.7. The third-order valence-corrected chi connectivity index (χ3v) is 5.08. The summed E-state index contributed by atoms with van der Waals surface area (Å²) < 4.78 is 10.3. The third-order valence-electron chi connectivity index (χ3n) is 4.87. The van der Waals surface area contributed by atoms with Crippen LogP contribution in [0.15, 0.2) is 30.5 Å². The molecule has 2 aromatic rings. The second kappa shape index (κ2) is 9.74. The molecular weight excluding hydrogens is 392 g/mol. The van der Waals surface area contributed by atoms with Crippen LogP contribution in [0.4, 0.5) is 11.4 Å². The summed E-state index contributed by atoms with van der Waals surface area (Å²) in [5, 5.41) is 0.260. The first kappa shape index (κ1) is 21.1. The third kappa shape index (κ3) is 5.07. The molecule has 0 saturated carbocycles. The van der Waals surface area contributed by atoms with Crippen molar-refractivity contribution < 1.29 is 19.1 Å². The molecule has 0 atom stereocenters. The van der Waals surface area contributed by atoms with Gasteiger partial charge in [0.15, 0.2) is 0 Å². The Labute approximate surface area is 175 Å². The predicted molar refractivity (Wildman–Crippen MR) is 112 cm³/mol. The lowest BCUT2D eigenvalue weighted by molar-refractivity contribution is -0.142. The number of anilines is 2. The van der Waals surface area contributed by atoms with Crippen molar-refractivity contribution in [3.63, 3.8) is 0 Å². The van der Waals surface area contributed by atoms with E-state index in [0.717, 1.165) is 24.9 Å². The second-order valence-electron chi connectivity index (χ2n) is 6.76. The molecule has 0 bridgehead atoms. The van der Waals surface area contributed by atoms with Gasteiger partial charge in [-0.2, -0.15) is 0 Å². The molecule has 0 aliphatic heterocycles. The highest BCUT2D eigenvalue weighted by Crippen LogP contribution is 2.34. The number of carbonyl (C=O) groups is 2. The summed E-state index contributed by atoms with van der Waals surface area (Å²) in [7, 11) is 0. The number of halogens is 1. The summed E-state index contributed by atoms with van der Waals surface area (Å²) in [6, 6.07) is 7.88. The SMILES string of the molecule is CCOC(=O)CCN(c1ccc2c(c1)CCC2)c1cc(Cl)ncc1C(=O)OCC. The Balaban J connectivity index is 2.02. The molecule has 1 aromatic heterocycles. The van der Waals surface area contributed by atoms with Crippen LogP contribution in [-0.4, -0.2) is 36.7 Å². The van der Waals surface area contributed by atoms with Crippen LogP contribution in [0.2, 0.25) is 5.15 Å². The minimum absolute atomic E-state index is 0.174. The molecule has 3 rings (SSSR count). The van der Waals surface area contributed by atoms with Gasteiger partial charge >= 0.3 is 11.9 Å².